The number of amides is 2. The van der Waals surface area contributed by atoms with Crippen LogP contribution in [0.2, 0.25) is 4.34 Å². The molecule has 3 heterocycles. The average Bonchev–Trinajstić information content (AvgIpc) is 3.27. The molecule has 2 atom stereocenters. The lowest BCUT2D eigenvalue weighted by Gasteiger charge is -2.36. The zero-order valence-corrected chi connectivity index (χ0v) is 16.9. The largest absolute Gasteiger partial charge is 0.340 e. The van der Waals surface area contributed by atoms with Crippen LogP contribution in [0.5, 0.6) is 0 Å². The molecule has 2 unspecified atom stereocenters. The molecule has 3 fully saturated rings. The molecule has 1 aliphatic carbocycles. The molecule has 0 spiro atoms. The Morgan fingerprint density at radius 2 is 1.88 bits per heavy atom. The lowest BCUT2D eigenvalue weighted by atomic mass is 9.82. The third kappa shape index (κ3) is 3.53. The van der Waals surface area contributed by atoms with Crippen molar-refractivity contribution in [1.29, 1.82) is 0 Å². The molecule has 2 aliphatic heterocycles. The van der Waals surface area contributed by atoms with Gasteiger partial charge in [-0.1, -0.05) is 18.5 Å². The van der Waals surface area contributed by atoms with Crippen LogP contribution in [0.25, 0.3) is 0 Å². The normalized spacial score (nSPS) is 31.8. The lowest BCUT2D eigenvalue weighted by Crippen LogP contribution is -2.48. The van der Waals surface area contributed by atoms with Crippen LogP contribution in [0, 0.1) is 17.8 Å². The van der Waals surface area contributed by atoms with Crippen molar-refractivity contribution in [3.63, 3.8) is 0 Å². The molecule has 1 aromatic heterocycles. The quantitative estimate of drug-likeness (QED) is 0.750. The zero-order chi connectivity index (χ0) is 18.3. The Morgan fingerprint density at radius 1 is 1.12 bits per heavy atom. The molecule has 1 saturated carbocycles. The fraction of sp³-hybridized carbons (Fsp3) is 0.700. The third-order valence-corrected chi connectivity index (χ3v) is 7.72. The molecule has 2 saturated heterocycles. The van der Waals surface area contributed by atoms with Crippen molar-refractivity contribution in [2.45, 2.75) is 51.5 Å². The fourth-order valence-electron chi connectivity index (χ4n) is 4.95. The molecular formula is C20H27ClN2O2S. The second kappa shape index (κ2) is 7.51. The van der Waals surface area contributed by atoms with Crippen molar-refractivity contribution in [1.82, 2.24) is 9.80 Å². The highest BCUT2D eigenvalue weighted by molar-refractivity contribution is 7.17. The van der Waals surface area contributed by atoms with Crippen LogP contribution in [-0.4, -0.2) is 47.3 Å². The van der Waals surface area contributed by atoms with E-state index in [1.165, 1.54) is 24.2 Å². The molecule has 0 aromatic carbocycles. The number of carbonyl (C=O) groups excluding carboxylic acids is 2. The smallest absolute Gasteiger partial charge is 0.264 e. The number of hydrogen-bond donors (Lipinski definition) is 0. The van der Waals surface area contributed by atoms with Crippen molar-refractivity contribution < 1.29 is 9.59 Å². The van der Waals surface area contributed by atoms with Crippen LogP contribution in [0.3, 0.4) is 0 Å². The highest BCUT2D eigenvalue weighted by Gasteiger charge is 2.44. The summed E-state index contributed by atoms with van der Waals surface area (Å²) in [5.41, 5.74) is 0. The van der Waals surface area contributed by atoms with E-state index in [4.69, 9.17) is 11.6 Å². The maximum Gasteiger partial charge on any atom is 0.264 e. The first-order chi connectivity index (χ1) is 12.5. The number of likely N-dealkylation sites (tertiary alicyclic amines) is 2. The molecule has 0 N–H and O–H groups in total. The number of rotatable bonds is 2. The van der Waals surface area contributed by atoms with E-state index in [-0.39, 0.29) is 17.9 Å². The molecule has 3 aliphatic rings. The highest BCUT2D eigenvalue weighted by atomic mass is 35.5. The van der Waals surface area contributed by atoms with Crippen molar-refractivity contribution in [2.75, 3.05) is 19.6 Å². The minimum absolute atomic E-state index is 0.0809. The van der Waals surface area contributed by atoms with Gasteiger partial charge in [0, 0.05) is 25.6 Å². The Balaban J connectivity index is 1.44. The van der Waals surface area contributed by atoms with Crippen LogP contribution >= 0.6 is 22.9 Å². The van der Waals surface area contributed by atoms with Gasteiger partial charge in [-0.25, -0.2) is 0 Å². The minimum atomic E-state index is 0.0809. The molecule has 0 radical (unpaired) electrons. The Morgan fingerprint density at radius 3 is 2.58 bits per heavy atom. The summed E-state index contributed by atoms with van der Waals surface area (Å²) >= 11 is 7.36. The summed E-state index contributed by atoms with van der Waals surface area (Å²) in [5, 5.41) is 0. The first-order valence-electron chi connectivity index (χ1n) is 9.88. The summed E-state index contributed by atoms with van der Waals surface area (Å²) in [5.74, 6) is 1.79. The number of hydrogen-bond acceptors (Lipinski definition) is 3. The van der Waals surface area contributed by atoms with E-state index in [1.54, 1.807) is 6.07 Å². The van der Waals surface area contributed by atoms with Gasteiger partial charge in [0.05, 0.1) is 15.3 Å². The van der Waals surface area contributed by atoms with Crippen LogP contribution in [0.1, 0.15) is 55.1 Å². The number of nitrogens with zero attached hydrogens (tertiary/aromatic N) is 2. The number of carbonyl (C=O) groups is 2. The Kier molecular flexibility index (Phi) is 5.29. The van der Waals surface area contributed by atoms with Crippen molar-refractivity contribution in [3.05, 3.63) is 21.3 Å². The van der Waals surface area contributed by atoms with Gasteiger partial charge in [0.2, 0.25) is 5.91 Å². The molecule has 0 bridgehead atoms. The number of halogens is 1. The maximum absolute atomic E-state index is 13.0. The number of piperidine rings is 1. The molecular weight excluding hydrogens is 368 g/mol. The van der Waals surface area contributed by atoms with E-state index in [9.17, 15) is 9.59 Å². The summed E-state index contributed by atoms with van der Waals surface area (Å²) < 4.78 is 0.650. The van der Waals surface area contributed by atoms with Crippen molar-refractivity contribution in [2.24, 2.45) is 17.8 Å². The molecule has 26 heavy (non-hydrogen) atoms. The van der Waals surface area contributed by atoms with Crippen LogP contribution < -0.4 is 0 Å². The summed E-state index contributed by atoms with van der Waals surface area (Å²) in [4.78, 5) is 30.7. The second-order valence-electron chi connectivity index (χ2n) is 8.27. The van der Waals surface area contributed by atoms with Crippen molar-refractivity contribution in [3.8, 4) is 0 Å². The molecule has 6 heteroatoms. The second-order valence-corrected chi connectivity index (χ2v) is 9.99. The summed E-state index contributed by atoms with van der Waals surface area (Å²) in [7, 11) is 0. The van der Waals surface area contributed by atoms with E-state index < -0.39 is 0 Å². The van der Waals surface area contributed by atoms with E-state index in [0.717, 1.165) is 44.7 Å². The average molecular weight is 395 g/mol. The minimum Gasteiger partial charge on any atom is -0.340 e. The van der Waals surface area contributed by atoms with E-state index >= 15 is 0 Å². The number of fused-ring (bicyclic) bond motifs is 1. The zero-order valence-electron chi connectivity index (χ0n) is 15.3. The molecule has 4 rings (SSSR count). The first-order valence-corrected chi connectivity index (χ1v) is 11.1. The Labute approximate surface area is 164 Å². The summed E-state index contributed by atoms with van der Waals surface area (Å²) in [6.45, 7) is 4.61. The fourth-order valence-corrected chi connectivity index (χ4v) is 5.95. The molecule has 142 valence electrons. The van der Waals surface area contributed by atoms with Gasteiger partial charge in [0.15, 0.2) is 0 Å². The SMILES string of the molecule is CC1CCC(C(=O)N2CC3CCCN(C(=O)c4ccc(Cl)s4)C3C2)CC1. The van der Waals surface area contributed by atoms with Gasteiger partial charge in [0.1, 0.15) is 0 Å². The first kappa shape index (κ1) is 18.3. The van der Waals surface area contributed by atoms with Gasteiger partial charge < -0.3 is 9.80 Å². The standard InChI is InChI=1S/C20H27ClN2O2S/c1-13-4-6-14(7-5-13)19(24)22-11-15-3-2-10-23(16(15)12-22)20(25)17-8-9-18(21)26-17/h8-9,13-16H,2-7,10-12H2,1H3. The predicted octanol–water partition coefficient (Wildman–Crippen LogP) is 4.29. The van der Waals surface area contributed by atoms with E-state index in [2.05, 4.69) is 11.8 Å². The number of thiophene rings is 1. The summed E-state index contributed by atoms with van der Waals surface area (Å²) in [6, 6.07) is 3.78. The van der Waals surface area contributed by atoms with Crippen LogP contribution in [-0.2, 0) is 4.79 Å². The van der Waals surface area contributed by atoms with Gasteiger partial charge in [-0.2, -0.15) is 0 Å². The topological polar surface area (TPSA) is 40.6 Å². The maximum atomic E-state index is 13.0. The van der Waals surface area contributed by atoms with Gasteiger partial charge in [-0.05, 0) is 62.5 Å². The van der Waals surface area contributed by atoms with E-state index in [0.29, 0.717) is 27.6 Å². The predicted molar refractivity (Wildman–Crippen MR) is 105 cm³/mol. The summed E-state index contributed by atoms with van der Waals surface area (Å²) in [6.07, 6.45) is 6.53. The molecule has 2 amide bonds. The van der Waals surface area contributed by atoms with Gasteiger partial charge >= 0.3 is 0 Å². The van der Waals surface area contributed by atoms with Crippen molar-refractivity contribution >= 4 is 34.8 Å². The van der Waals surface area contributed by atoms with Gasteiger partial charge in [0.25, 0.3) is 5.91 Å². The van der Waals surface area contributed by atoms with Gasteiger partial charge in [-0.15, -0.1) is 11.3 Å². The Bertz CT molecular complexity index is 683. The monoisotopic (exact) mass is 394 g/mol. The third-order valence-electron chi connectivity index (χ3n) is 6.50. The van der Waals surface area contributed by atoms with Gasteiger partial charge in [-0.3, -0.25) is 9.59 Å². The van der Waals surface area contributed by atoms with Crippen LogP contribution in [0.4, 0.5) is 0 Å². The highest BCUT2D eigenvalue weighted by Crippen LogP contribution is 2.36. The Hall–Kier alpha value is -1.07. The van der Waals surface area contributed by atoms with Crippen LogP contribution in [0.15, 0.2) is 12.1 Å². The van der Waals surface area contributed by atoms with E-state index in [1.807, 2.05) is 11.0 Å². The molecule has 4 nitrogen and oxygen atoms in total. The lowest BCUT2D eigenvalue weighted by molar-refractivity contribution is -0.136. The molecule has 1 aromatic rings.